The quantitative estimate of drug-likeness (QED) is 0.773. The van der Waals surface area contributed by atoms with Crippen LogP contribution >= 0.6 is 34.5 Å². The molecule has 0 aliphatic carbocycles. The maximum Gasteiger partial charge on any atom is 0.194 e. The van der Waals surface area contributed by atoms with Crippen LogP contribution in [0.4, 0.5) is 0 Å². The molecule has 2 heterocycles. The van der Waals surface area contributed by atoms with E-state index in [0.29, 0.717) is 16.6 Å². The fourth-order valence-electron chi connectivity index (χ4n) is 2.09. The molecule has 1 aromatic carbocycles. The lowest BCUT2D eigenvalue weighted by atomic mass is 10.1. The molecule has 0 spiro atoms. The Hall–Kier alpha value is -1.07. The summed E-state index contributed by atoms with van der Waals surface area (Å²) in [7, 11) is 0. The van der Waals surface area contributed by atoms with Crippen LogP contribution in [0, 0.1) is 6.92 Å². The van der Waals surface area contributed by atoms with E-state index >= 15 is 0 Å². The summed E-state index contributed by atoms with van der Waals surface area (Å²) in [6.45, 7) is 2.46. The lowest BCUT2D eigenvalue weighted by Gasteiger charge is -2.04. The molecule has 3 nitrogen and oxygen atoms in total. The summed E-state index contributed by atoms with van der Waals surface area (Å²) in [5, 5.41) is 1.20. The highest BCUT2D eigenvalue weighted by molar-refractivity contribution is 7.17. The maximum atomic E-state index is 6.25. The molecular formula is C13H11Cl2N3S. The van der Waals surface area contributed by atoms with Crippen LogP contribution in [0.3, 0.4) is 0 Å². The standard InChI is InChI=1S/C13H11Cl2N3S/c1-7-6-18-11(5-16)12(17-13(18)19-7)9-3-2-8(14)4-10(9)15/h2-4,6H,5,16H2,1H3. The molecule has 0 saturated heterocycles. The van der Waals surface area contributed by atoms with Gasteiger partial charge in [-0.2, -0.15) is 0 Å². The van der Waals surface area contributed by atoms with Gasteiger partial charge in [0.05, 0.1) is 16.4 Å². The minimum absolute atomic E-state index is 0.408. The Morgan fingerprint density at radius 1 is 1.37 bits per heavy atom. The van der Waals surface area contributed by atoms with Gasteiger partial charge in [-0.05, 0) is 25.1 Å². The summed E-state index contributed by atoms with van der Waals surface area (Å²) in [6.07, 6.45) is 2.04. The van der Waals surface area contributed by atoms with Gasteiger partial charge >= 0.3 is 0 Å². The van der Waals surface area contributed by atoms with Gasteiger partial charge in [-0.25, -0.2) is 4.98 Å². The summed E-state index contributed by atoms with van der Waals surface area (Å²) in [5.74, 6) is 0. The largest absolute Gasteiger partial charge is 0.325 e. The van der Waals surface area contributed by atoms with Crippen LogP contribution in [-0.2, 0) is 6.54 Å². The highest BCUT2D eigenvalue weighted by Crippen LogP contribution is 2.33. The number of aryl methyl sites for hydroxylation is 1. The first kappa shape index (κ1) is 12.9. The maximum absolute atomic E-state index is 6.25. The van der Waals surface area contributed by atoms with Crippen LogP contribution in [-0.4, -0.2) is 9.38 Å². The van der Waals surface area contributed by atoms with Gasteiger partial charge in [-0.15, -0.1) is 11.3 Å². The first-order valence-electron chi connectivity index (χ1n) is 5.73. The molecule has 3 rings (SSSR count). The number of thiazole rings is 1. The first-order chi connectivity index (χ1) is 9.10. The van der Waals surface area contributed by atoms with Gasteiger partial charge in [0.2, 0.25) is 0 Å². The van der Waals surface area contributed by atoms with Crippen molar-refractivity contribution in [3.63, 3.8) is 0 Å². The second kappa shape index (κ2) is 4.80. The van der Waals surface area contributed by atoms with E-state index in [2.05, 4.69) is 11.9 Å². The van der Waals surface area contributed by atoms with Gasteiger partial charge in [-0.1, -0.05) is 23.2 Å². The molecule has 0 aliphatic rings. The summed E-state index contributed by atoms with van der Waals surface area (Å²) in [4.78, 5) is 6.77. The van der Waals surface area contributed by atoms with E-state index < -0.39 is 0 Å². The molecule has 2 N–H and O–H groups in total. The number of rotatable bonds is 2. The average Bonchev–Trinajstić information content (AvgIpc) is 2.84. The number of fused-ring (bicyclic) bond motifs is 1. The van der Waals surface area contributed by atoms with Crippen LogP contribution in [0.1, 0.15) is 10.6 Å². The molecule has 6 heteroatoms. The molecule has 0 saturated carbocycles. The second-order valence-corrected chi connectivity index (χ2v) is 6.29. The monoisotopic (exact) mass is 311 g/mol. The van der Waals surface area contributed by atoms with E-state index in [-0.39, 0.29) is 0 Å². The van der Waals surface area contributed by atoms with Crippen LogP contribution < -0.4 is 5.73 Å². The molecule has 0 bridgehead atoms. The van der Waals surface area contributed by atoms with Gasteiger partial charge in [-0.3, -0.25) is 4.40 Å². The molecular weight excluding hydrogens is 301 g/mol. The third kappa shape index (κ3) is 2.15. The Labute approximate surface area is 124 Å². The Kier molecular flexibility index (Phi) is 3.27. The van der Waals surface area contributed by atoms with Crippen LogP contribution in [0.25, 0.3) is 16.2 Å². The van der Waals surface area contributed by atoms with E-state index in [1.54, 1.807) is 17.4 Å². The third-order valence-corrected chi connectivity index (χ3v) is 4.37. The molecule has 0 amide bonds. The number of nitrogens with zero attached hydrogens (tertiary/aromatic N) is 2. The van der Waals surface area contributed by atoms with Crippen molar-refractivity contribution in [3.05, 3.63) is 45.0 Å². The van der Waals surface area contributed by atoms with E-state index in [1.807, 2.05) is 22.7 Å². The molecule has 0 radical (unpaired) electrons. The molecule has 98 valence electrons. The van der Waals surface area contributed by atoms with E-state index in [4.69, 9.17) is 28.9 Å². The van der Waals surface area contributed by atoms with Crippen molar-refractivity contribution in [1.82, 2.24) is 9.38 Å². The molecule has 0 unspecified atom stereocenters. The van der Waals surface area contributed by atoms with Gasteiger partial charge < -0.3 is 5.73 Å². The smallest absolute Gasteiger partial charge is 0.194 e. The lowest BCUT2D eigenvalue weighted by Crippen LogP contribution is -2.01. The van der Waals surface area contributed by atoms with Crippen molar-refractivity contribution >= 4 is 39.5 Å². The Balaban J connectivity index is 2.26. The highest BCUT2D eigenvalue weighted by atomic mass is 35.5. The minimum atomic E-state index is 0.408. The Bertz CT molecular complexity index is 761. The normalized spacial score (nSPS) is 11.4. The number of aromatic nitrogens is 2. The lowest BCUT2D eigenvalue weighted by molar-refractivity contribution is 0.967. The van der Waals surface area contributed by atoms with Gasteiger partial charge in [0.25, 0.3) is 0 Å². The van der Waals surface area contributed by atoms with E-state index in [0.717, 1.165) is 21.9 Å². The van der Waals surface area contributed by atoms with Gasteiger partial charge in [0.15, 0.2) is 4.96 Å². The SMILES string of the molecule is Cc1cn2c(CN)c(-c3ccc(Cl)cc3Cl)nc2s1. The molecule has 19 heavy (non-hydrogen) atoms. The number of benzene rings is 1. The Morgan fingerprint density at radius 3 is 2.84 bits per heavy atom. The molecule has 2 aromatic heterocycles. The molecule has 0 aliphatic heterocycles. The van der Waals surface area contributed by atoms with Crippen molar-refractivity contribution < 1.29 is 0 Å². The summed E-state index contributed by atoms with van der Waals surface area (Å²) in [5.41, 5.74) is 8.51. The first-order valence-corrected chi connectivity index (χ1v) is 7.30. The Morgan fingerprint density at radius 2 is 2.16 bits per heavy atom. The van der Waals surface area contributed by atoms with Gasteiger partial charge in [0.1, 0.15) is 0 Å². The van der Waals surface area contributed by atoms with Gasteiger partial charge in [0, 0.05) is 28.2 Å². The third-order valence-electron chi connectivity index (χ3n) is 2.92. The average molecular weight is 312 g/mol. The summed E-state index contributed by atoms with van der Waals surface area (Å²) >= 11 is 13.8. The van der Waals surface area contributed by atoms with Crippen molar-refractivity contribution in [1.29, 1.82) is 0 Å². The van der Waals surface area contributed by atoms with E-state index in [1.165, 1.54) is 4.88 Å². The zero-order chi connectivity index (χ0) is 13.6. The van der Waals surface area contributed by atoms with Crippen molar-refractivity contribution in [2.45, 2.75) is 13.5 Å². The predicted octanol–water partition coefficient (Wildman–Crippen LogP) is 4.14. The number of hydrogen-bond donors (Lipinski definition) is 1. The van der Waals surface area contributed by atoms with Crippen LogP contribution in [0.15, 0.2) is 24.4 Å². The summed E-state index contributed by atoms with van der Waals surface area (Å²) in [6, 6.07) is 5.41. The fraction of sp³-hybridized carbons (Fsp3) is 0.154. The summed E-state index contributed by atoms with van der Waals surface area (Å²) < 4.78 is 2.03. The molecule has 0 fully saturated rings. The van der Waals surface area contributed by atoms with Crippen LogP contribution in [0.5, 0.6) is 0 Å². The highest BCUT2D eigenvalue weighted by Gasteiger charge is 2.16. The topological polar surface area (TPSA) is 43.3 Å². The zero-order valence-electron chi connectivity index (χ0n) is 10.2. The van der Waals surface area contributed by atoms with Crippen molar-refractivity contribution in [2.24, 2.45) is 5.73 Å². The fourth-order valence-corrected chi connectivity index (χ4v) is 3.44. The zero-order valence-corrected chi connectivity index (χ0v) is 12.5. The number of hydrogen-bond acceptors (Lipinski definition) is 3. The van der Waals surface area contributed by atoms with E-state index in [9.17, 15) is 0 Å². The van der Waals surface area contributed by atoms with Crippen molar-refractivity contribution in [3.8, 4) is 11.3 Å². The molecule has 3 aromatic rings. The number of nitrogens with two attached hydrogens (primary N) is 1. The van der Waals surface area contributed by atoms with Crippen molar-refractivity contribution in [2.75, 3.05) is 0 Å². The second-order valence-electron chi connectivity index (χ2n) is 4.23. The number of halogens is 2. The number of imidazole rings is 1. The molecule has 0 atom stereocenters. The minimum Gasteiger partial charge on any atom is -0.325 e. The van der Waals surface area contributed by atoms with Crippen LogP contribution in [0.2, 0.25) is 10.0 Å². The predicted molar refractivity (Wildman–Crippen MR) is 81.2 cm³/mol.